The van der Waals surface area contributed by atoms with Gasteiger partial charge in [-0.15, -0.1) is 0 Å². The summed E-state index contributed by atoms with van der Waals surface area (Å²) in [6.45, 7) is 0. The van der Waals surface area contributed by atoms with Crippen LogP contribution in [0.25, 0.3) is 0 Å². The molecule has 0 aliphatic rings. The van der Waals surface area contributed by atoms with Gasteiger partial charge in [-0.2, -0.15) is 0 Å². The summed E-state index contributed by atoms with van der Waals surface area (Å²) in [5, 5.41) is 10.3. The van der Waals surface area contributed by atoms with Crippen molar-refractivity contribution in [3.05, 3.63) is 58.9 Å². The van der Waals surface area contributed by atoms with Crippen LogP contribution in [0, 0.1) is 17.5 Å². The van der Waals surface area contributed by atoms with Crippen LogP contribution >= 0.6 is 0 Å². The van der Waals surface area contributed by atoms with Gasteiger partial charge < -0.3 is 14.6 Å². The zero-order valence-electron chi connectivity index (χ0n) is 11.4. The molecule has 2 rings (SSSR count). The molecular weight excluding hydrogens is 285 g/mol. The predicted octanol–water partition coefficient (Wildman–Crippen LogP) is 3.20. The third-order valence-electron chi connectivity index (χ3n) is 3.06. The van der Waals surface area contributed by atoms with E-state index >= 15 is 0 Å². The Kier molecular flexibility index (Phi) is 4.37. The highest BCUT2D eigenvalue weighted by Crippen LogP contribution is 2.37. The van der Waals surface area contributed by atoms with Crippen LogP contribution in [0.4, 0.5) is 13.2 Å². The highest BCUT2D eigenvalue weighted by Gasteiger charge is 2.23. The van der Waals surface area contributed by atoms with E-state index in [-0.39, 0.29) is 22.6 Å². The number of ether oxygens (including phenoxy) is 2. The minimum atomic E-state index is -1.59. The van der Waals surface area contributed by atoms with Crippen molar-refractivity contribution in [2.75, 3.05) is 14.2 Å². The van der Waals surface area contributed by atoms with Crippen LogP contribution in [0.15, 0.2) is 30.3 Å². The van der Waals surface area contributed by atoms with Crippen molar-refractivity contribution in [1.82, 2.24) is 0 Å². The Hall–Kier alpha value is -2.21. The minimum Gasteiger partial charge on any atom is -0.496 e. The highest BCUT2D eigenvalue weighted by atomic mass is 19.2. The van der Waals surface area contributed by atoms with Crippen LogP contribution in [0.3, 0.4) is 0 Å². The van der Waals surface area contributed by atoms with Gasteiger partial charge in [0.1, 0.15) is 17.6 Å². The number of aliphatic hydroxyl groups is 1. The second kappa shape index (κ2) is 6.05. The topological polar surface area (TPSA) is 38.7 Å². The van der Waals surface area contributed by atoms with Gasteiger partial charge in [0.2, 0.25) is 0 Å². The number of rotatable bonds is 4. The van der Waals surface area contributed by atoms with E-state index in [4.69, 9.17) is 9.47 Å². The summed E-state index contributed by atoms with van der Waals surface area (Å²) >= 11 is 0. The van der Waals surface area contributed by atoms with Gasteiger partial charge in [0, 0.05) is 0 Å². The molecule has 0 aliphatic heterocycles. The van der Waals surface area contributed by atoms with Crippen LogP contribution in [0.2, 0.25) is 0 Å². The van der Waals surface area contributed by atoms with E-state index < -0.39 is 23.6 Å². The van der Waals surface area contributed by atoms with Gasteiger partial charge in [-0.25, -0.2) is 13.2 Å². The lowest BCUT2D eigenvalue weighted by Gasteiger charge is -2.18. The molecule has 0 aliphatic carbocycles. The maximum atomic E-state index is 13.3. The van der Waals surface area contributed by atoms with Gasteiger partial charge in [-0.3, -0.25) is 0 Å². The second-order valence-electron chi connectivity index (χ2n) is 4.28. The van der Waals surface area contributed by atoms with Crippen molar-refractivity contribution >= 4 is 0 Å². The Morgan fingerprint density at radius 2 is 1.43 bits per heavy atom. The lowest BCUT2D eigenvalue weighted by Crippen LogP contribution is -2.07. The number of hydrogen-bond acceptors (Lipinski definition) is 3. The standard InChI is InChI=1S/C15H13F3O3/c1-20-11-4-3-5-12(21-2)13(11)15(19)8-6-9(16)14(18)10(17)7-8/h3-7,15,19H,1-2H3. The van der Waals surface area contributed by atoms with Crippen LogP contribution < -0.4 is 9.47 Å². The molecule has 0 saturated heterocycles. The third-order valence-corrected chi connectivity index (χ3v) is 3.06. The molecule has 0 amide bonds. The quantitative estimate of drug-likeness (QED) is 0.881. The molecule has 2 aromatic rings. The average Bonchev–Trinajstić information content (AvgIpc) is 2.50. The summed E-state index contributed by atoms with van der Waals surface area (Å²) in [5.74, 6) is -3.77. The van der Waals surface area contributed by atoms with Gasteiger partial charge in [-0.05, 0) is 29.8 Å². The molecule has 1 atom stereocenters. The Balaban J connectivity index is 2.57. The van der Waals surface area contributed by atoms with Gasteiger partial charge in [0.15, 0.2) is 17.5 Å². The summed E-state index contributed by atoms with van der Waals surface area (Å²) in [7, 11) is 2.77. The summed E-state index contributed by atoms with van der Waals surface area (Å²) < 4.78 is 49.8. The fourth-order valence-corrected chi connectivity index (χ4v) is 2.05. The number of halogens is 3. The molecule has 0 spiro atoms. The van der Waals surface area contributed by atoms with E-state index in [9.17, 15) is 18.3 Å². The summed E-state index contributed by atoms with van der Waals surface area (Å²) in [6, 6.07) is 6.23. The molecule has 1 unspecified atom stereocenters. The first kappa shape index (κ1) is 15.2. The van der Waals surface area contributed by atoms with Crippen molar-refractivity contribution in [3.8, 4) is 11.5 Å². The Morgan fingerprint density at radius 1 is 0.952 bits per heavy atom. The summed E-state index contributed by atoms with van der Waals surface area (Å²) in [4.78, 5) is 0. The van der Waals surface area contributed by atoms with Crippen LogP contribution in [-0.2, 0) is 0 Å². The van der Waals surface area contributed by atoms with E-state index in [1.165, 1.54) is 14.2 Å². The molecule has 3 nitrogen and oxygen atoms in total. The van der Waals surface area contributed by atoms with Crippen molar-refractivity contribution in [2.24, 2.45) is 0 Å². The predicted molar refractivity (Wildman–Crippen MR) is 69.9 cm³/mol. The fraction of sp³-hybridized carbons (Fsp3) is 0.200. The molecule has 6 heteroatoms. The number of hydrogen-bond donors (Lipinski definition) is 1. The Morgan fingerprint density at radius 3 is 1.86 bits per heavy atom. The molecule has 1 N–H and O–H groups in total. The fourth-order valence-electron chi connectivity index (χ4n) is 2.05. The van der Waals surface area contributed by atoms with Crippen LogP contribution in [0.5, 0.6) is 11.5 Å². The molecule has 2 aromatic carbocycles. The van der Waals surface area contributed by atoms with E-state index in [0.29, 0.717) is 0 Å². The van der Waals surface area contributed by atoms with Gasteiger partial charge >= 0.3 is 0 Å². The van der Waals surface area contributed by atoms with E-state index in [1.807, 2.05) is 0 Å². The molecule has 0 fully saturated rings. The first-order valence-corrected chi connectivity index (χ1v) is 6.03. The third kappa shape index (κ3) is 2.80. The number of aliphatic hydroxyl groups excluding tert-OH is 1. The normalized spacial score (nSPS) is 12.1. The zero-order chi connectivity index (χ0) is 15.6. The molecular formula is C15H13F3O3. The maximum Gasteiger partial charge on any atom is 0.194 e. The Labute approximate surface area is 119 Å². The molecule has 21 heavy (non-hydrogen) atoms. The molecule has 0 bridgehead atoms. The van der Waals surface area contributed by atoms with Crippen molar-refractivity contribution < 1.29 is 27.8 Å². The average molecular weight is 298 g/mol. The summed E-state index contributed by atoms with van der Waals surface area (Å²) in [6.07, 6.45) is -1.43. The molecule has 0 radical (unpaired) electrons. The first-order chi connectivity index (χ1) is 9.99. The number of benzene rings is 2. The molecule has 0 saturated carbocycles. The maximum absolute atomic E-state index is 13.3. The lowest BCUT2D eigenvalue weighted by molar-refractivity contribution is 0.207. The lowest BCUT2D eigenvalue weighted by atomic mass is 9.99. The van der Waals surface area contributed by atoms with Crippen LogP contribution in [0.1, 0.15) is 17.2 Å². The van der Waals surface area contributed by atoms with Gasteiger partial charge in [0.25, 0.3) is 0 Å². The Bertz CT molecular complexity index is 613. The van der Waals surface area contributed by atoms with Gasteiger partial charge in [-0.1, -0.05) is 6.07 Å². The van der Waals surface area contributed by atoms with Crippen molar-refractivity contribution in [3.63, 3.8) is 0 Å². The zero-order valence-corrected chi connectivity index (χ0v) is 11.4. The molecule has 0 aromatic heterocycles. The number of methoxy groups -OCH3 is 2. The molecule has 0 heterocycles. The van der Waals surface area contributed by atoms with Crippen molar-refractivity contribution in [2.45, 2.75) is 6.10 Å². The SMILES string of the molecule is COc1cccc(OC)c1C(O)c1cc(F)c(F)c(F)c1. The second-order valence-corrected chi connectivity index (χ2v) is 4.28. The minimum absolute atomic E-state index is 0.144. The summed E-state index contributed by atoms with van der Waals surface area (Å²) in [5.41, 5.74) is 0.0575. The monoisotopic (exact) mass is 298 g/mol. The van der Waals surface area contributed by atoms with E-state index in [0.717, 1.165) is 12.1 Å². The molecule has 112 valence electrons. The first-order valence-electron chi connectivity index (χ1n) is 6.03. The largest absolute Gasteiger partial charge is 0.496 e. The highest BCUT2D eigenvalue weighted by molar-refractivity contribution is 5.49. The smallest absolute Gasteiger partial charge is 0.194 e. The van der Waals surface area contributed by atoms with Crippen LogP contribution in [-0.4, -0.2) is 19.3 Å². The van der Waals surface area contributed by atoms with E-state index in [1.54, 1.807) is 18.2 Å². The van der Waals surface area contributed by atoms with Crippen molar-refractivity contribution in [1.29, 1.82) is 0 Å². The van der Waals surface area contributed by atoms with E-state index in [2.05, 4.69) is 0 Å². The van der Waals surface area contributed by atoms with Gasteiger partial charge in [0.05, 0.1) is 19.8 Å².